The van der Waals surface area contributed by atoms with E-state index in [9.17, 15) is 18.3 Å². The first kappa shape index (κ1) is 19.8. The number of amides is 1. The molecular formula is C19H18N2O5S2. The van der Waals surface area contributed by atoms with Gasteiger partial charge in [0, 0.05) is 10.9 Å². The van der Waals surface area contributed by atoms with E-state index in [0.29, 0.717) is 5.01 Å². The molecule has 0 saturated heterocycles. The lowest BCUT2D eigenvalue weighted by molar-refractivity contribution is 0.102. The molecule has 0 unspecified atom stereocenters. The third kappa shape index (κ3) is 4.15. The third-order valence-corrected chi connectivity index (χ3v) is 6.65. The Morgan fingerprint density at radius 3 is 2.57 bits per heavy atom. The summed E-state index contributed by atoms with van der Waals surface area (Å²) in [5, 5.41) is 14.7. The van der Waals surface area contributed by atoms with Crippen LogP contribution in [0.2, 0.25) is 0 Å². The van der Waals surface area contributed by atoms with Crippen LogP contribution in [0.15, 0.2) is 52.7 Å². The number of thiazole rings is 1. The van der Waals surface area contributed by atoms with Gasteiger partial charge in [-0.15, -0.1) is 11.3 Å². The number of benzene rings is 2. The molecule has 146 valence electrons. The quantitative estimate of drug-likeness (QED) is 0.593. The number of methoxy groups -OCH3 is 1. The molecule has 0 bridgehead atoms. The van der Waals surface area contributed by atoms with Crippen molar-refractivity contribution in [3.8, 4) is 22.1 Å². The van der Waals surface area contributed by atoms with Gasteiger partial charge >= 0.3 is 0 Å². The standard InChI is InChI=1S/C19H18N2O5S2/c1-3-28(24,25)14-8-9-17(22)15(10-14)20-18(23)16-11-27-19(21-16)12-4-6-13(26-2)7-5-12/h4-11,22H,3H2,1-2H3,(H,20,23). The normalized spacial score (nSPS) is 11.2. The number of hydrogen-bond donors (Lipinski definition) is 2. The van der Waals surface area contributed by atoms with Gasteiger partial charge in [0.1, 0.15) is 22.2 Å². The van der Waals surface area contributed by atoms with Crippen molar-refractivity contribution < 1.29 is 23.1 Å². The summed E-state index contributed by atoms with van der Waals surface area (Å²) in [6, 6.07) is 11.1. The lowest BCUT2D eigenvalue weighted by atomic mass is 10.2. The van der Waals surface area contributed by atoms with E-state index in [4.69, 9.17) is 4.74 Å². The summed E-state index contributed by atoms with van der Waals surface area (Å²) in [4.78, 5) is 16.8. The molecule has 0 saturated carbocycles. The van der Waals surface area contributed by atoms with Gasteiger partial charge in [-0.25, -0.2) is 13.4 Å². The highest BCUT2D eigenvalue weighted by Crippen LogP contribution is 2.29. The number of sulfone groups is 1. The first-order valence-corrected chi connectivity index (χ1v) is 10.8. The lowest BCUT2D eigenvalue weighted by Gasteiger charge is -2.08. The molecule has 0 spiro atoms. The summed E-state index contributed by atoms with van der Waals surface area (Å²) in [6.07, 6.45) is 0. The van der Waals surface area contributed by atoms with Crippen molar-refractivity contribution in [3.63, 3.8) is 0 Å². The first-order chi connectivity index (χ1) is 13.3. The van der Waals surface area contributed by atoms with E-state index in [1.807, 2.05) is 12.1 Å². The van der Waals surface area contributed by atoms with Crippen LogP contribution in [-0.2, 0) is 9.84 Å². The molecule has 2 N–H and O–H groups in total. The molecule has 3 rings (SSSR count). The summed E-state index contributed by atoms with van der Waals surface area (Å²) in [6.45, 7) is 1.52. The molecule has 0 aliphatic rings. The van der Waals surface area contributed by atoms with Crippen LogP contribution in [-0.4, -0.2) is 37.3 Å². The second-order valence-corrected chi connectivity index (χ2v) is 8.94. The number of nitrogens with one attached hydrogen (secondary N) is 1. The van der Waals surface area contributed by atoms with Crippen LogP contribution in [0.5, 0.6) is 11.5 Å². The van der Waals surface area contributed by atoms with Crippen molar-refractivity contribution in [3.05, 3.63) is 53.5 Å². The molecule has 0 aliphatic heterocycles. The number of carbonyl (C=O) groups is 1. The smallest absolute Gasteiger partial charge is 0.275 e. The van der Waals surface area contributed by atoms with E-state index in [1.165, 1.54) is 36.5 Å². The lowest BCUT2D eigenvalue weighted by Crippen LogP contribution is -2.13. The van der Waals surface area contributed by atoms with Gasteiger partial charge in [0.2, 0.25) is 0 Å². The van der Waals surface area contributed by atoms with Gasteiger partial charge in [-0.3, -0.25) is 4.79 Å². The van der Waals surface area contributed by atoms with Gasteiger partial charge < -0.3 is 15.2 Å². The number of ether oxygens (including phenoxy) is 1. The molecular weight excluding hydrogens is 400 g/mol. The third-order valence-electron chi connectivity index (χ3n) is 4.03. The van der Waals surface area contributed by atoms with E-state index in [0.717, 1.165) is 11.3 Å². The predicted octanol–water partition coefficient (Wildman–Crippen LogP) is 3.57. The number of carbonyl (C=O) groups excluding carboxylic acids is 1. The average Bonchev–Trinajstić information content (AvgIpc) is 3.20. The van der Waals surface area contributed by atoms with Gasteiger partial charge in [0.15, 0.2) is 9.84 Å². The molecule has 2 aromatic carbocycles. The Kier molecular flexibility index (Phi) is 5.66. The van der Waals surface area contributed by atoms with Crippen LogP contribution in [0, 0.1) is 0 Å². The molecule has 7 nitrogen and oxygen atoms in total. The maximum atomic E-state index is 12.5. The van der Waals surface area contributed by atoms with Crippen molar-refractivity contribution in [2.45, 2.75) is 11.8 Å². The SMILES string of the molecule is CCS(=O)(=O)c1ccc(O)c(NC(=O)c2csc(-c3ccc(OC)cc3)n2)c1. The summed E-state index contributed by atoms with van der Waals surface area (Å²) in [5.74, 6) is -0.135. The summed E-state index contributed by atoms with van der Waals surface area (Å²) >= 11 is 1.30. The Balaban J connectivity index is 1.82. The van der Waals surface area contributed by atoms with Crippen LogP contribution in [0.25, 0.3) is 10.6 Å². The van der Waals surface area contributed by atoms with Crippen molar-refractivity contribution in [1.29, 1.82) is 0 Å². The molecule has 0 fully saturated rings. The number of hydrogen-bond acceptors (Lipinski definition) is 7. The number of phenolic OH excluding ortho intramolecular Hbond substituents is 1. The first-order valence-electron chi connectivity index (χ1n) is 8.31. The number of anilines is 1. The highest BCUT2D eigenvalue weighted by Gasteiger charge is 2.17. The average molecular weight is 418 g/mol. The molecule has 0 aliphatic carbocycles. The molecule has 9 heteroatoms. The van der Waals surface area contributed by atoms with Crippen molar-refractivity contribution in [2.75, 3.05) is 18.2 Å². The zero-order chi connectivity index (χ0) is 20.3. The summed E-state index contributed by atoms with van der Waals surface area (Å²) in [5.41, 5.74) is 1.02. The number of aromatic nitrogens is 1. The summed E-state index contributed by atoms with van der Waals surface area (Å²) < 4.78 is 29.1. The molecule has 1 amide bonds. The molecule has 0 radical (unpaired) electrons. The fourth-order valence-corrected chi connectivity index (χ4v) is 4.12. The van der Waals surface area contributed by atoms with Crippen LogP contribution in [0.4, 0.5) is 5.69 Å². The molecule has 1 aromatic heterocycles. The zero-order valence-corrected chi connectivity index (χ0v) is 16.8. The highest BCUT2D eigenvalue weighted by atomic mass is 32.2. The second kappa shape index (κ2) is 7.99. The fraction of sp³-hybridized carbons (Fsp3) is 0.158. The minimum atomic E-state index is -3.46. The highest BCUT2D eigenvalue weighted by molar-refractivity contribution is 7.91. The topological polar surface area (TPSA) is 106 Å². The predicted molar refractivity (Wildman–Crippen MR) is 108 cm³/mol. The maximum absolute atomic E-state index is 12.5. The Labute approximate surface area is 166 Å². The largest absolute Gasteiger partial charge is 0.506 e. The Bertz CT molecular complexity index is 1110. The maximum Gasteiger partial charge on any atom is 0.275 e. The second-order valence-electron chi connectivity index (χ2n) is 5.80. The monoisotopic (exact) mass is 418 g/mol. The van der Waals surface area contributed by atoms with Crippen LogP contribution < -0.4 is 10.1 Å². The Morgan fingerprint density at radius 1 is 1.21 bits per heavy atom. The zero-order valence-electron chi connectivity index (χ0n) is 15.2. The van der Waals surface area contributed by atoms with E-state index < -0.39 is 15.7 Å². The van der Waals surface area contributed by atoms with Crippen LogP contribution in [0.1, 0.15) is 17.4 Å². The Morgan fingerprint density at radius 2 is 1.93 bits per heavy atom. The van der Waals surface area contributed by atoms with Crippen molar-refractivity contribution in [2.24, 2.45) is 0 Å². The summed E-state index contributed by atoms with van der Waals surface area (Å²) in [7, 11) is -1.88. The van der Waals surface area contributed by atoms with Crippen molar-refractivity contribution in [1.82, 2.24) is 4.98 Å². The van der Waals surface area contributed by atoms with E-state index in [1.54, 1.807) is 24.6 Å². The molecule has 28 heavy (non-hydrogen) atoms. The number of aromatic hydroxyl groups is 1. The fourth-order valence-electron chi connectivity index (χ4n) is 2.41. The number of nitrogens with zero attached hydrogens (tertiary/aromatic N) is 1. The van der Waals surface area contributed by atoms with Crippen LogP contribution in [0.3, 0.4) is 0 Å². The van der Waals surface area contributed by atoms with Crippen LogP contribution >= 0.6 is 11.3 Å². The van der Waals surface area contributed by atoms with Crippen molar-refractivity contribution >= 4 is 32.8 Å². The van der Waals surface area contributed by atoms with Gasteiger partial charge in [-0.1, -0.05) is 6.92 Å². The number of phenols is 1. The molecule has 0 atom stereocenters. The number of rotatable bonds is 6. The van der Waals surface area contributed by atoms with Gasteiger partial charge in [0.05, 0.1) is 23.4 Å². The minimum Gasteiger partial charge on any atom is -0.506 e. The molecule has 3 aromatic rings. The van der Waals surface area contributed by atoms with Gasteiger partial charge in [-0.2, -0.15) is 0 Å². The van der Waals surface area contributed by atoms with E-state index >= 15 is 0 Å². The van der Waals surface area contributed by atoms with E-state index in [-0.39, 0.29) is 27.8 Å². The van der Waals surface area contributed by atoms with Gasteiger partial charge in [0.25, 0.3) is 5.91 Å². The minimum absolute atomic E-state index is 0.0125. The van der Waals surface area contributed by atoms with E-state index in [2.05, 4.69) is 10.3 Å². The Hall–Kier alpha value is -2.91. The molecule has 1 heterocycles. The van der Waals surface area contributed by atoms with Gasteiger partial charge in [-0.05, 0) is 42.5 Å².